The van der Waals surface area contributed by atoms with Crippen molar-refractivity contribution in [1.29, 1.82) is 0 Å². The van der Waals surface area contributed by atoms with Crippen LogP contribution in [0.4, 0.5) is 13.2 Å². The van der Waals surface area contributed by atoms with Gasteiger partial charge in [0, 0.05) is 18.2 Å². The summed E-state index contributed by atoms with van der Waals surface area (Å²) in [5.74, 6) is 0.500. The van der Waals surface area contributed by atoms with Crippen molar-refractivity contribution >= 4 is 5.97 Å². The van der Waals surface area contributed by atoms with Crippen LogP contribution in [-0.2, 0) is 18.0 Å². The molecular weight excluding hydrogens is 499 g/mol. The van der Waals surface area contributed by atoms with Gasteiger partial charge in [0.05, 0.1) is 5.56 Å². The van der Waals surface area contributed by atoms with Gasteiger partial charge in [0.1, 0.15) is 11.5 Å². The third-order valence-electron chi connectivity index (χ3n) is 5.88. The van der Waals surface area contributed by atoms with E-state index in [9.17, 15) is 23.1 Å². The van der Waals surface area contributed by atoms with Gasteiger partial charge in [-0.2, -0.15) is 18.3 Å². The Hall–Kier alpha value is -4.34. The summed E-state index contributed by atoms with van der Waals surface area (Å²) >= 11 is 0. The van der Waals surface area contributed by atoms with E-state index in [0.717, 1.165) is 17.7 Å². The van der Waals surface area contributed by atoms with Crippen LogP contribution >= 0.6 is 0 Å². The average Bonchev–Trinajstić information content (AvgIpc) is 3.25. The summed E-state index contributed by atoms with van der Waals surface area (Å²) in [6.07, 6.45) is -5.13. The maximum absolute atomic E-state index is 13.0. The van der Waals surface area contributed by atoms with Crippen molar-refractivity contribution in [3.8, 4) is 22.9 Å². The summed E-state index contributed by atoms with van der Waals surface area (Å²) < 4.78 is 52.5. The van der Waals surface area contributed by atoms with Crippen molar-refractivity contribution in [2.24, 2.45) is 7.05 Å². The Labute approximate surface area is 217 Å². The van der Waals surface area contributed by atoms with E-state index in [0.29, 0.717) is 28.5 Å². The van der Waals surface area contributed by atoms with Gasteiger partial charge in [-0.1, -0.05) is 42.5 Å². The molecule has 1 atom stereocenters. The highest BCUT2D eigenvalue weighted by atomic mass is 19.4. The molecule has 0 aliphatic heterocycles. The molecule has 4 aromatic rings. The molecule has 0 amide bonds. The predicted molar refractivity (Wildman–Crippen MR) is 134 cm³/mol. The van der Waals surface area contributed by atoms with Crippen molar-refractivity contribution in [2.45, 2.75) is 38.7 Å². The van der Waals surface area contributed by atoms with Gasteiger partial charge in [-0.25, -0.2) is 14.5 Å². The van der Waals surface area contributed by atoms with Crippen LogP contribution in [0.2, 0.25) is 0 Å². The van der Waals surface area contributed by atoms with Gasteiger partial charge in [0.25, 0.3) is 0 Å². The molecule has 38 heavy (non-hydrogen) atoms. The number of carboxylic acids is 1. The van der Waals surface area contributed by atoms with Gasteiger partial charge in [0.15, 0.2) is 23.4 Å². The minimum atomic E-state index is -4.43. The van der Waals surface area contributed by atoms with Crippen LogP contribution in [0.5, 0.6) is 11.5 Å². The van der Waals surface area contributed by atoms with Crippen LogP contribution in [0, 0.1) is 6.92 Å². The molecule has 1 heterocycles. The van der Waals surface area contributed by atoms with Gasteiger partial charge >= 0.3 is 12.1 Å². The fraction of sp³-hybridized carbons (Fsp3) is 0.250. The van der Waals surface area contributed by atoms with E-state index in [2.05, 4.69) is 10.1 Å². The molecule has 10 heteroatoms. The van der Waals surface area contributed by atoms with Gasteiger partial charge in [-0.05, 0) is 56.7 Å². The molecule has 198 valence electrons. The topological polar surface area (TPSA) is 86.5 Å². The molecule has 1 unspecified atom stereocenters. The molecule has 0 spiro atoms. The van der Waals surface area contributed by atoms with Crippen molar-refractivity contribution in [3.63, 3.8) is 0 Å². The van der Waals surface area contributed by atoms with Gasteiger partial charge in [-0.15, -0.1) is 0 Å². The number of aliphatic carboxylic acids is 1. The van der Waals surface area contributed by atoms with Crippen LogP contribution in [0.3, 0.4) is 0 Å². The molecule has 0 saturated heterocycles. The summed E-state index contributed by atoms with van der Waals surface area (Å²) in [5, 5.41) is 13.8. The number of hydrogen-bond acceptors (Lipinski definition) is 5. The number of carboxylic acid groups (broad SMARTS) is 1. The smallest absolute Gasteiger partial charge is 0.416 e. The van der Waals surface area contributed by atoms with E-state index < -0.39 is 29.4 Å². The lowest BCUT2D eigenvalue weighted by Gasteiger charge is -2.24. The zero-order valence-electron chi connectivity index (χ0n) is 21.2. The number of carbonyl (C=O) groups is 1. The van der Waals surface area contributed by atoms with E-state index >= 15 is 0 Å². The number of aryl methyl sites for hydroxylation is 2. The van der Waals surface area contributed by atoms with Crippen molar-refractivity contribution in [2.75, 3.05) is 0 Å². The lowest BCUT2D eigenvalue weighted by atomic mass is 10.1. The van der Waals surface area contributed by atoms with Crippen LogP contribution in [0.15, 0.2) is 72.8 Å². The highest BCUT2D eigenvalue weighted by Gasteiger charge is 2.31. The molecule has 3 aromatic carbocycles. The third kappa shape index (κ3) is 5.80. The lowest BCUT2D eigenvalue weighted by Crippen LogP contribution is -2.38. The van der Waals surface area contributed by atoms with E-state index in [1.807, 2.05) is 30.3 Å². The maximum atomic E-state index is 13.0. The van der Waals surface area contributed by atoms with Gasteiger partial charge in [-0.3, -0.25) is 0 Å². The fourth-order valence-electron chi connectivity index (χ4n) is 3.72. The number of aromatic nitrogens is 3. The quantitative estimate of drug-likeness (QED) is 0.294. The van der Waals surface area contributed by atoms with E-state index in [-0.39, 0.29) is 5.82 Å². The summed E-state index contributed by atoms with van der Waals surface area (Å²) in [4.78, 5) is 16.1. The SMILES string of the molecule is Cc1cc(OC(c2ccccc2)c2nc(-c3ccc(C(F)(F)F)cc3)nn2C)ccc1OC(C)(C)C(=O)O. The molecule has 4 rings (SSSR count). The fourth-order valence-corrected chi connectivity index (χ4v) is 3.72. The Morgan fingerprint density at radius 2 is 1.66 bits per heavy atom. The second-order valence-corrected chi connectivity index (χ2v) is 9.25. The third-order valence-corrected chi connectivity index (χ3v) is 5.88. The molecule has 7 nitrogen and oxygen atoms in total. The summed E-state index contributed by atoms with van der Waals surface area (Å²) in [7, 11) is 1.69. The maximum Gasteiger partial charge on any atom is 0.416 e. The minimum Gasteiger partial charge on any atom is -0.478 e. The Morgan fingerprint density at radius 1 is 1.00 bits per heavy atom. The van der Waals surface area contributed by atoms with Crippen molar-refractivity contribution < 1.29 is 32.5 Å². The Bertz CT molecular complexity index is 1430. The molecule has 0 radical (unpaired) electrons. The van der Waals surface area contributed by atoms with Crippen LogP contribution < -0.4 is 9.47 Å². The Kier molecular flexibility index (Phi) is 7.17. The first-order chi connectivity index (χ1) is 17.8. The highest BCUT2D eigenvalue weighted by molar-refractivity contribution is 5.76. The number of rotatable bonds is 8. The summed E-state index contributed by atoms with van der Waals surface area (Å²) in [5.41, 5.74) is -0.269. The Morgan fingerprint density at radius 3 is 2.24 bits per heavy atom. The molecular formula is C28H26F3N3O4. The van der Waals surface area contributed by atoms with Crippen molar-refractivity contribution in [3.05, 3.63) is 95.3 Å². The number of nitrogens with zero attached hydrogens (tertiary/aromatic N) is 3. The van der Waals surface area contributed by atoms with Crippen molar-refractivity contribution in [1.82, 2.24) is 14.8 Å². The van der Waals surface area contributed by atoms with E-state index in [4.69, 9.17) is 9.47 Å². The molecule has 1 aromatic heterocycles. The zero-order valence-corrected chi connectivity index (χ0v) is 21.2. The molecule has 0 aliphatic rings. The second-order valence-electron chi connectivity index (χ2n) is 9.25. The lowest BCUT2D eigenvalue weighted by molar-refractivity contribution is -0.152. The highest BCUT2D eigenvalue weighted by Crippen LogP contribution is 2.34. The largest absolute Gasteiger partial charge is 0.478 e. The summed E-state index contributed by atoms with van der Waals surface area (Å²) in [6.45, 7) is 4.71. The van der Waals surface area contributed by atoms with E-state index in [1.54, 1.807) is 32.2 Å². The zero-order chi connectivity index (χ0) is 27.7. The number of alkyl halides is 3. The first kappa shape index (κ1) is 26.7. The monoisotopic (exact) mass is 525 g/mol. The molecule has 1 N–H and O–H groups in total. The molecule has 0 saturated carbocycles. The van der Waals surface area contributed by atoms with Crippen LogP contribution in [0.25, 0.3) is 11.4 Å². The Balaban J connectivity index is 1.66. The van der Waals surface area contributed by atoms with Crippen LogP contribution in [0.1, 0.15) is 42.5 Å². The normalized spacial score (nSPS) is 12.7. The standard InChI is InChI=1S/C28H26F3N3O4/c1-17-16-21(14-15-22(17)38-27(2,3)26(35)36)37-23(18-8-6-5-7-9-18)25-32-24(33-34(25)4)19-10-12-20(13-11-19)28(29,30)31/h5-16,23H,1-4H3,(H,35,36). The minimum absolute atomic E-state index is 0.261. The number of halogens is 3. The molecule has 0 fully saturated rings. The van der Waals surface area contributed by atoms with Gasteiger partial charge < -0.3 is 14.6 Å². The number of hydrogen-bond donors (Lipinski definition) is 1. The average molecular weight is 526 g/mol. The molecule has 0 bridgehead atoms. The molecule has 0 aliphatic carbocycles. The second kappa shape index (κ2) is 10.2. The van der Waals surface area contributed by atoms with Crippen LogP contribution in [-0.4, -0.2) is 31.4 Å². The summed E-state index contributed by atoms with van der Waals surface area (Å²) in [6, 6.07) is 19.0. The predicted octanol–water partition coefficient (Wildman–Crippen LogP) is 6.22. The first-order valence-electron chi connectivity index (χ1n) is 11.7. The number of ether oxygens (including phenoxy) is 2. The first-order valence-corrected chi connectivity index (χ1v) is 11.7. The number of benzene rings is 3. The van der Waals surface area contributed by atoms with Gasteiger partial charge in [0.2, 0.25) is 0 Å². The van der Waals surface area contributed by atoms with E-state index in [1.165, 1.54) is 30.7 Å².